The predicted molar refractivity (Wildman–Crippen MR) is 86.6 cm³/mol. The van der Waals surface area contributed by atoms with Crippen molar-refractivity contribution in [1.82, 2.24) is 9.55 Å². The first kappa shape index (κ1) is 16.5. The minimum absolute atomic E-state index is 0.0479. The summed E-state index contributed by atoms with van der Waals surface area (Å²) in [5.41, 5.74) is -0.116. The van der Waals surface area contributed by atoms with Crippen LogP contribution in [0.4, 0.5) is 13.2 Å². The highest BCUT2D eigenvalue weighted by atomic mass is 19.4. The van der Waals surface area contributed by atoms with E-state index in [-0.39, 0.29) is 22.7 Å². The van der Waals surface area contributed by atoms with E-state index in [1.54, 1.807) is 18.2 Å². The summed E-state index contributed by atoms with van der Waals surface area (Å²) in [7, 11) is 0. The number of hydrogen-bond acceptors (Lipinski definition) is 3. The first-order valence-electron chi connectivity index (χ1n) is 7.16. The van der Waals surface area contributed by atoms with Gasteiger partial charge in [-0.3, -0.25) is 9.36 Å². The number of nitriles is 1. The van der Waals surface area contributed by atoms with Crippen molar-refractivity contribution < 1.29 is 13.2 Å². The van der Waals surface area contributed by atoms with E-state index in [9.17, 15) is 18.0 Å². The molecule has 0 bridgehead atoms. The Morgan fingerprint density at radius 3 is 2.44 bits per heavy atom. The van der Waals surface area contributed by atoms with Crippen LogP contribution in [0.5, 0.6) is 0 Å². The lowest BCUT2D eigenvalue weighted by atomic mass is 10.1. The number of aromatic nitrogens is 2. The van der Waals surface area contributed by atoms with Crippen LogP contribution < -0.4 is 5.56 Å². The molecule has 0 aliphatic heterocycles. The fourth-order valence-electron chi connectivity index (χ4n) is 2.40. The van der Waals surface area contributed by atoms with Gasteiger partial charge in [-0.15, -0.1) is 0 Å². The zero-order valence-corrected chi connectivity index (χ0v) is 12.7. The normalized spacial score (nSPS) is 12.2. The lowest BCUT2D eigenvalue weighted by Crippen LogP contribution is -2.22. The molecule has 0 aliphatic rings. The Morgan fingerprint density at radius 1 is 1.12 bits per heavy atom. The fraction of sp³-hybridized carbons (Fsp3) is 0.0556. The zero-order valence-electron chi connectivity index (χ0n) is 12.7. The molecule has 0 aliphatic carbocycles. The monoisotopic (exact) mass is 341 g/mol. The Morgan fingerprint density at radius 2 is 1.80 bits per heavy atom. The first-order chi connectivity index (χ1) is 11.9. The van der Waals surface area contributed by atoms with Crippen LogP contribution in [0.15, 0.2) is 65.7 Å². The standard InChI is InChI=1S/C18H10F3N3O/c19-18(20,21)9-16(13-7-5-12(10-22)6-8-13)24-11-23-15-4-2-1-3-14(15)17(24)25/h1-9,11H/b16-9-. The molecular weight excluding hydrogens is 331 g/mol. The van der Waals surface area contributed by atoms with Gasteiger partial charge >= 0.3 is 6.18 Å². The number of allylic oxidation sites excluding steroid dienone is 1. The van der Waals surface area contributed by atoms with E-state index in [0.29, 0.717) is 11.1 Å². The molecule has 0 fully saturated rings. The number of hydrogen-bond donors (Lipinski definition) is 0. The number of nitrogens with zero attached hydrogens (tertiary/aromatic N) is 3. The number of halogens is 3. The van der Waals surface area contributed by atoms with Crippen LogP contribution in [-0.2, 0) is 0 Å². The number of benzene rings is 2. The third kappa shape index (κ3) is 3.43. The lowest BCUT2D eigenvalue weighted by molar-refractivity contribution is -0.0795. The van der Waals surface area contributed by atoms with Crippen molar-refractivity contribution in [3.63, 3.8) is 0 Å². The number of para-hydroxylation sites is 1. The lowest BCUT2D eigenvalue weighted by Gasteiger charge is -2.13. The Hall–Kier alpha value is -3.40. The van der Waals surface area contributed by atoms with E-state index in [2.05, 4.69) is 4.98 Å². The van der Waals surface area contributed by atoms with Gasteiger partial charge in [-0.1, -0.05) is 24.3 Å². The second kappa shape index (κ2) is 6.24. The summed E-state index contributed by atoms with van der Waals surface area (Å²) in [5, 5.41) is 9.04. The van der Waals surface area contributed by atoms with Crippen molar-refractivity contribution in [2.75, 3.05) is 0 Å². The minimum atomic E-state index is -4.63. The molecule has 0 atom stereocenters. The molecule has 0 saturated heterocycles. The first-order valence-corrected chi connectivity index (χ1v) is 7.16. The number of fused-ring (bicyclic) bond motifs is 1. The topological polar surface area (TPSA) is 58.7 Å². The van der Waals surface area contributed by atoms with Crippen molar-refractivity contribution in [3.05, 3.63) is 82.4 Å². The van der Waals surface area contributed by atoms with E-state index in [1.165, 1.54) is 30.3 Å². The minimum Gasteiger partial charge on any atom is -0.268 e. The molecule has 4 nitrogen and oxygen atoms in total. The van der Waals surface area contributed by atoms with Crippen molar-refractivity contribution >= 4 is 16.6 Å². The van der Waals surface area contributed by atoms with Crippen LogP contribution in [0.25, 0.3) is 16.6 Å². The molecule has 0 spiro atoms. The SMILES string of the molecule is N#Cc1ccc(/C(=C/C(F)(F)F)n2cnc3ccccc3c2=O)cc1. The van der Waals surface area contributed by atoms with Gasteiger partial charge in [0.15, 0.2) is 0 Å². The average molecular weight is 341 g/mol. The van der Waals surface area contributed by atoms with Gasteiger partial charge in [-0.2, -0.15) is 18.4 Å². The van der Waals surface area contributed by atoms with Gasteiger partial charge in [-0.05, 0) is 29.8 Å². The van der Waals surface area contributed by atoms with Crippen LogP contribution in [0, 0.1) is 11.3 Å². The summed E-state index contributed by atoms with van der Waals surface area (Å²) in [6, 6.07) is 13.8. The van der Waals surface area contributed by atoms with E-state index in [0.717, 1.165) is 10.9 Å². The van der Waals surface area contributed by atoms with Gasteiger partial charge in [0, 0.05) is 6.08 Å². The highest BCUT2D eigenvalue weighted by Crippen LogP contribution is 2.25. The van der Waals surface area contributed by atoms with E-state index >= 15 is 0 Å². The molecule has 0 radical (unpaired) electrons. The quantitative estimate of drug-likeness (QED) is 0.714. The molecule has 2 aromatic carbocycles. The Balaban J connectivity index is 2.26. The molecule has 0 saturated carbocycles. The van der Waals surface area contributed by atoms with Crippen molar-refractivity contribution in [2.24, 2.45) is 0 Å². The summed E-state index contributed by atoms with van der Waals surface area (Å²) in [6.45, 7) is 0. The molecular formula is C18H10F3N3O. The van der Waals surface area contributed by atoms with Crippen LogP contribution in [0.3, 0.4) is 0 Å². The van der Waals surface area contributed by atoms with E-state index < -0.39 is 11.7 Å². The maximum Gasteiger partial charge on any atom is 0.411 e. The summed E-state index contributed by atoms with van der Waals surface area (Å²) < 4.78 is 39.9. The predicted octanol–water partition coefficient (Wildman–Crippen LogP) is 3.72. The van der Waals surface area contributed by atoms with Gasteiger partial charge < -0.3 is 0 Å². The van der Waals surface area contributed by atoms with Gasteiger partial charge in [-0.25, -0.2) is 4.98 Å². The second-order valence-electron chi connectivity index (χ2n) is 5.20. The largest absolute Gasteiger partial charge is 0.411 e. The summed E-state index contributed by atoms with van der Waals surface area (Å²) in [6.07, 6.45) is -3.51. The summed E-state index contributed by atoms with van der Waals surface area (Å²) in [4.78, 5) is 16.7. The number of alkyl halides is 3. The smallest absolute Gasteiger partial charge is 0.268 e. The molecule has 25 heavy (non-hydrogen) atoms. The van der Waals surface area contributed by atoms with E-state index in [1.807, 2.05) is 6.07 Å². The van der Waals surface area contributed by atoms with E-state index in [4.69, 9.17) is 5.26 Å². The molecule has 0 amide bonds. The third-order valence-electron chi connectivity index (χ3n) is 3.54. The highest BCUT2D eigenvalue weighted by molar-refractivity contribution is 5.79. The average Bonchev–Trinajstić information content (AvgIpc) is 2.60. The Labute approximate surface area is 140 Å². The molecule has 3 rings (SSSR count). The number of rotatable bonds is 2. The molecule has 1 aromatic heterocycles. The second-order valence-corrected chi connectivity index (χ2v) is 5.20. The Kier molecular flexibility index (Phi) is 4.11. The van der Waals surface area contributed by atoms with Crippen LogP contribution in [-0.4, -0.2) is 15.7 Å². The van der Waals surface area contributed by atoms with Gasteiger partial charge in [0.25, 0.3) is 5.56 Å². The van der Waals surface area contributed by atoms with Crippen molar-refractivity contribution in [3.8, 4) is 6.07 Å². The van der Waals surface area contributed by atoms with Crippen molar-refractivity contribution in [2.45, 2.75) is 6.18 Å². The zero-order chi connectivity index (χ0) is 18.0. The maximum atomic E-state index is 13.0. The molecule has 0 unspecified atom stereocenters. The fourth-order valence-corrected chi connectivity index (χ4v) is 2.40. The molecule has 3 aromatic rings. The highest BCUT2D eigenvalue weighted by Gasteiger charge is 2.26. The van der Waals surface area contributed by atoms with Gasteiger partial charge in [0.05, 0.1) is 28.2 Å². The van der Waals surface area contributed by atoms with Gasteiger partial charge in [0.2, 0.25) is 0 Å². The van der Waals surface area contributed by atoms with Crippen LogP contribution in [0.2, 0.25) is 0 Å². The molecule has 7 heteroatoms. The summed E-state index contributed by atoms with van der Waals surface area (Å²) in [5.74, 6) is 0. The van der Waals surface area contributed by atoms with Crippen LogP contribution in [0.1, 0.15) is 11.1 Å². The third-order valence-corrected chi connectivity index (χ3v) is 3.54. The van der Waals surface area contributed by atoms with Crippen molar-refractivity contribution in [1.29, 1.82) is 5.26 Å². The molecule has 0 N–H and O–H groups in total. The molecule has 1 heterocycles. The van der Waals surface area contributed by atoms with Gasteiger partial charge in [0.1, 0.15) is 6.33 Å². The van der Waals surface area contributed by atoms with Crippen LogP contribution >= 0.6 is 0 Å². The summed E-state index contributed by atoms with van der Waals surface area (Å²) >= 11 is 0. The molecule has 124 valence electrons. The maximum absolute atomic E-state index is 13.0. The Bertz CT molecular complexity index is 1060.